The molecule has 39 heavy (non-hydrogen) atoms. The number of carbonyl (C=O) groups is 1. The first kappa shape index (κ1) is 30.6. The number of anilines is 1. The summed E-state index contributed by atoms with van der Waals surface area (Å²) in [6, 6.07) is 10.7. The second-order valence-corrected chi connectivity index (χ2v) is 12.0. The van der Waals surface area contributed by atoms with Gasteiger partial charge in [0.25, 0.3) is 0 Å². The zero-order valence-corrected chi connectivity index (χ0v) is 23.6. The molecule has 0 aliphatic carbocycles. The molecule has 3 rings (SSSR count). The summed E-state index contributed by atoms with van der Waals surface area (Å²) in [5, 5.41) is 23.4. The molecular weight excluding hydrogens is 549 g/mol. The minimum absolute atomic E-state index is 0.0704. The molecule has 1 fully saturated rings. The number of aromatic nitrogens is 2. The highest BCUT2D eigenvalue weighted by Crippen LogP contribution is 2.48. The molecule has 1 saturated heterocycles. The van der Waals surface area contributed by atoms with Gasteiger partial charge in [-0.1, -0.05) is 18.2 Å². The van der Waals surface area contributed by atoms with Crippen LogP contribution in [0.5, 0.6) is 5.75 Å². The number of nitrogens with zero attached hydrogens (tertiary/aromatic N) is 3. The van der Waals surface area contributed by atoms with Gasteiger partial charge >= 0.3 is 19.4 Å². The van der Waals surface area contributed by atoms with Gasteiger partial charge in [-0.3, -0.25) is 13.9 Å². The summed E-state index contributed by atoms with van der Waals surface area (Å²) in [5.41, 5.74) is 2.68. The second kappa shape index (κ2) is 13.0. The summed E-state index contributed by atoms with van der Waals surface area (Å²) in [6.45, 7) is 5.88. The molecule has 2 heterocycles. The average Bonchev–Trinajstić information content (AvgIpc) is 3.12. The molecule has 1 aliphatic heterocycles. The molecule has 1 aromatic heterocycles. The Kier molecular flexibility index (Phi) is 10.2. The molecule has 1 aromatic carbocycles. The number of nitrogens with one attached hydrogen (secondary N) is 1. The van der Waals surface area contributed by atoms with Gasteiger partial charge in [0, 0.05) is 6.20 Å². The van der Waals surface area contributed by atoms with Crippen molar-refractivity contribution in [2.24, 2.45) is 5.41 Å². The molecule has 0 amide bonds. The molecule has 6 atom stereocenters. The number of rotatable bonds is 12. The van der Waals surface area contributed by atoms with Crippen LogP contribution in [0.25, 0.3) is 0 Å². The predicted molar refractivity (Wildman–Crippen MR) is 143 cm³/mol. The Morgan fingerprint density at radius 1 is 1.36 bits per heavy atom. The second-order valence-electron chi connectivity index (χ2n) is 9.28. The molecule has 0 spiro atoms. The zero-order chi connectivity index (χ0) is 28.8. The van der Waals surface area contributed by atoms with E-state index in [0.29, 0.717) is 0 Å². The number of hydrogen-bond donors (Lipinski definition) is 3. The van der Waals surface area contributed by atoms with E-state index in [1.54, 1.807) is 44.2 Å². The lowest BCUT2D eigenvalue weighted by Gasteiger charge is -2.26. The van der Waals surface area contributed by atoms with Crippen molar-refractivity contribution >= 4 is 31.3 Å². The number of para-hydroxylation sites is 1. The molecule has 1 aliphatic rings. The Morgan fingerprint density at radius 3 is 2.67 bits per heavy atom. The Hall–Kier alpha value is -2.92. The minimum Gasteiger partial charge on any atom is -0.462 e. The number of ether oxygens (including phenoxy) is 2. The number of nitriles is 1. The average molecular weight is 582 g/mol. The number of thioether (sulfide) groups is 1. The number of nitrogen functional groups attached to an aromatic ring is 1. The highest BCUT2D eigenvalue weighted by molar-refractivity contribution is 7.98. The monoisotopic (exact) mass is 581 g/mol. The maximum Gasteiger partial charge on any atom is 0.459 e. The van der Waals surface area contributed by atoms with E-state index in [4.69, 9.17) is 24.3 Å². The highest BCUT2D eigenvalue weighted by atomic mass is 32.2. The summed E-state index contributed by atoms with van der Waals surface area (Å²) in [5.74, 6) is -0.302. The number of carbonyl (C=O) groups excluding carboxylic acids is 1. The Morgan fingerprint density at radius 2 is 2.05 bits per heavy atom. The smallest absolute Gasteiger partial charge is 0.459 e. The zero-order valence-electron chi connectivity index (χ0n) is 21.9. The molecule has 4 N–H and O–H groups in total. The normalized spacial score (nSPS) is 25.0. The minimum atomic E-state index is -4.22. The summed E-state index contributed by atoms with van der Waals surface area (Å²) in [4.78, 5) is 28.1. The van der Waals surface area contributed by atoms with Crippen LogP contribution in [-0.4, -0.2) is 57.0 Å². The molecule has 2 aromatic rings. The predicted octanol–water partition coefficient (Wildman–Crippen LogP) is 2.27. The lowest BCUT2D eigenvalue weighted by atomic mass is 9.86. The van der Waals surface area contributed by atoms with Crippen LogP contribution in [0.4, 0.5) is 5.82 Å². The SMILES string of the molecule is CC(C)OC(=O)[C@@H](C)N[P@@](=O)(OC[C@H]1OC(SCn2ccc(N)nc2=O)[C@](C)(C#N)[C@@H]1O)Oc1ccccc1. The van der Waals surface area contributed by atoms with Crippen molar-refractivity contribution in [3.05, 3.63) is 53.1 Å². The van der Waals surface area contributed by atoms with Crippen molar-refractivity contribution in [2.75, 3.05) is 12.3 Å². The van der Waals surface area contributed by atoms with E-state index in [1.807, 2.05) is 0 Å². The molecule has 212 valence electrons. The van der Waals surface area contributed by atoms with Crippen molar-refractivity contribution in [2.45, 2.75) is 63.4 Å². The van der Waals surface area contributed by atoms with Gasteiger partial charge in [0.2, 0.25) is 0 Å². The van der Waals surface area contributed by atoms with Gasteiger partial charge in [0.15, 0.2) is 0 Å². The van der Waals surface area contributed by atoms with Crippen LogP contribution in [0.3, 0.4) is 0 Å². The molecule has 1 unspecified atom stereocenters. The van der Waals surface area contributed by atoms with Gasteiger partial charge in [-0.2, -0.15) is 15.3 Å². The van der Waals surface area contributed by atoms with Crippen molar-refractivity contribution in [3.8, 4) is 11.8 Å². The van der Waals surface area contributed by atoms with E-state index in [-0.39, 0.29) is 17.4 Å². The fourth-order valence-electron chi connectivity index (χ4n) is 3.56. The van der Waals surface area contributed by atoms with Crippen molar-refractivity contribution < 1.29 is 33.0 Å². The van der Waals surface area contributed by atoms with E-state index in [9.17, 15) is 24.5 Å². The van der Waals surface area contributed by atoms with Gasteiger partial charge in [0.1, 0.15) is 40.7 Å². The third-order valence-corrected chi connectivity index (χ3v) is 8.67. The van der Waals surface area contributed by atoms with E-state index in [0.717, 1.165) is 11.8 Å². The van der Waals surface area contributed by atoms with E-state index < -0.39 is 61.2 Å². The molecule has 13 nitrogen and oxygen atoms in total. The summed E-state index contributed by atoms with van der Waals surface area (Å²) in [7, 11) is -4.22. The maximum absolute atomic E-state index is 13.7. The summed E-state index contributed by atoms with van der Waals surface area (Å²) >= 11 is 1.10. The molecular formula is C24H32N5O8PS. The van der Waals surface area contributed by atoms with Crippen LogP contribution >= 0.6 is 19.5 Å². The van der Waals surface area contributed by atoms with Crippen LogP contribution < -0.4 is 21.0 Å². The fraction of sp³-hybridized carbons (Fsp3) is 0.500. The van der Waals surface area contributed by atoms with E-state index in [2.05, 4.69) is 16.1 Å². The number of nitrogens with two attached hydrogens (primary N) is 1. The molecule has 0 bridgehead atoms. The van der Waals surface area contributed by atoms with Crippen molar-refractivity contribution in [1.29, 1.82) is 5.26 Å². The maximum atomic E-state index is 13.7. The Balaban J connectivity index is 1.74. The third-order valence-electron chi connectivity index (χ3n) is 5.69. The van der Waals surface area contributed by atoms with Crippen LogP contribution in [0, 0.1) is 16.7 Å². The van der Waals surface area contributed by atoms with Crippen LogP contribution in [0.2, 0.25) is 0 Å². The van der Waals surface area contributed by atoms with Gasteiger partial charge in [-0.15, -0.1) is 11.8 Å². The number of aliphatic hydroxyl groups is 1. The topological polar surface area (TPSA) is 188 Å². The largest absolute Gasteiger partial charge is 0.462 e. The van der Waals surface area contributed by atoms with Crippen molar-refractivity contribution in [1.82, 2.24) is 14.6 Å². The summed E-state index contributed by atoms with van der Waals surface area (Å²) < 4.78 is 37.3. The van der Waals surface area contributed by atoms with Gasteiger partial charge in [-0.05, 0) is 45.9 Å². The first-order valence-electron chi connectivity index (χ1n) is 12.0. The Labute approximate surface area is 230 Å². The van der Waals surface area contributed by atoms with Crippen LogP contribution in [0.15, 0.2) is 47.4 Å². The third kappa shape index (κ3) is 7.82. The Bertz CT molecular complexity index is 1290. The summed E-state index contributed by atoms with van der Waals surface area (Å²) in [6.07, 6.45) is -1.35. The van der Waals surface area contributed by atoms with E-state index in [1.165, 1.54) is 30.7 Å². The molecule has 0 saturated carbocycles. The highest BCUT2D eigenvalue weighted by Gasteiger charge is 2.54. The van der Waals surface area contributed by atoms with Crippen molar-refractivity contribution in [3.63, 3.8) is 0 Å². The van der Waals surface area contributed by atoms with Crippen LogP contribution in [0.1, 0.15) is 27.7 Å². The van der Waals surface area contributed by atoms with Gasteiger partial charge in [0.05, 0.1) is 24.7 Å². The standard InChI is InChI=1S/C24H32N5O8PS/c1-15(2)35-21(31)16(3)28-38(33,37-17-8-6-5-7-9-17)34-12-18-20(30)24(4,13-25)22(36-18)39-14-29-11-10-19(26)27-23(29)32/h5-11,15-16,18,20,22,30H,12,14H2,1-4H3,(H,28,33)(H2,26,27,32)/t16-,18-,20-,22?,24-,38-/m1/s1. The first-order valence-corrected chi connectivity index (χ1v) is 14.6. The fourth-order valence-corrected chi connectivity index (χ4v) is 6.31. The quantitative estimate of drug-likeness (QED) is 0.245. The lowest BCUT2D eigenvalue weighted by Crippen LogP contribution is -2.39. The molecule has 15 heteroatoms. The number of benzene rings is 1. The first-order chi connectivity index (χ1) is 18.4. The number of esters is 1. The molecule has 0 radical (unpaired) electrons. The van der Waals surface area contributed by atoms with E-state index >= 15 is 0 Å². The van der Waals surface area contributed by atoms with Crippen LogP contribution in [-0.2, 0) is 29.2 Å². The van der Waals surface area contributed by atoms with Gasteiger partial charge in [-0.25, -0.2) is 9.36 Å². The number of aliphatic hydroxyl groups excluding tert-OH is 1. The lowest BCUT2D eigenvalue weighted by molar-refractivity contribution is -0.149. The number of hydrogen-bond acceptors (Lipinski definition) is 12. The van der Waals surface area contributed by atoms with Gasteiger partial charge < -0.3 is 24.8 Å².